The van der Waals surface area contributed by atoms with Crippen molar-refractivity contribution in [3.63, 3.8) is 0 Å². The van der Waals surface area contributed by atoms with Gasteiger partial charge in [0.2, 0.25) is 0 Å². The van der Waals surface area contributed by atoms with Gasteiger partial charge in [0.15, 0.2) is 0 Å². The van der Waals surface area contributed by atoms with Crippen LogP contribution in [-0.4, -0.2) is 24.3 Å². The van der Waals surface area contributed by atoms with Crippen molar-refractivity contribution in [2.75, 3.05) is 18.4 Å². The molecule has 0 radical (unpaired) electrons. The normalized spacial score (nSPS) is 15.4. The van der Waals surface area contributed by atoms with E-state index < -0.39 is 0 Å². The summed E-state index contributed by atoms with van der Waals surface area (Å²) >= 11 is 0. The molecule has 94 valence electrons. The van der Waals surface area contributed by atoms with Crippen molar-refractivity contribution in [2.45, 2.75) is 38.8 Å². The first kappa shape index (κ1) is 12.4. The van der Waals surface area contributed by atoms with E-state index >= 15 is 0 Å². The maximum absolute atomic E-state index is 9.16. The highest BCUT2D eigenvalue weighted by atomic mass is 16.3. The van der Waals surface area contributed by atoms with Crippen molar-refractivity contribution in [3.05, 3.63) is 29.3 Å². The van der Waals surface area contributed by atoms with Crippen LogP contribution in [0, 0.1) is 0 Å². The Bertz CT molecular complexity index is 363. The zero-order valence-corrected chi connectivity index (χ0v) is 10.5. The van der Waals surface area contributed by atoms with Crippen molar-refractivity contribution < 1.29 is 5.11 Å². The van der Waals surface area contributed by atoms with Crippen LogP contribution in [-0.2, 0) is 13.0 Å². The lowest BCUT2D eigenvalue weighted by molar-refractivity contribution is 0.181. The van der Waals surface area contributed by atoms with Crippen LogP contribution in [0.4, 0.5) is 5.69 Å². The second kappa shape index (κ2) is 6.03. The van der Waals surface area contributed by atoms with Gasteiger partial charge in [0.05, 0.1) is 6.10 Å². The monoisotopic (exact) mass is 234 g/mol. The van der Waals surface area contributed by atoms with E-state index in [-0.39, 0.29) is 6.10 Å². The summed E-state index contributed by atoms with van der Waals surface area (Å²) in [6.07, 6.45) is 2.86. The van der Waals surface area contributed by atoms with Gasteiger partial charge in [0.25, 0.3) is 0 Å². The first-order valence-electron chi connectivity index (χ1n) is 6.51. The Morgan fingerprint density at radius 3 is 3.18 bits per heavy atom. The number of nitrogens with one attached hydrogen (secondary N) is 2. The largest absolute Gasteiger partial charge is 0.393 e. The van der Waals surface area contributed by atoms with Crippen LogP contribution in [0.25, 0.3) is 0 Å². The van der Waals surface area contributed by atoms with E-state index in [1.54, 1.807) is 0 Å². The summed E-state index contributed by atoms with van der Waals surface area (Å²) in [6.45, 7) is 4.78. The van der Waals surface area contributed by atoms with Crippen molar-refractivity contribution in [2.24, 2.45) is 0 Å². The lowest BCUT2D eigenvalue weighted by atomic mass is 10.1. The molecule has 0 amide bonds. The maximum atomic E-state index is 9.16. The van der Waals surface area contributed by atoms with Crippen molar-refractivity contribution in [1.82, 2.24) is 5.32 Å². The summed E-state index contributed by atoms with van der Waals surface area (Å²) in [5.74, 6) is 0. The number of para-hydroxylation sites is 1. The molecule has 0 fully saturated rings. The Morgan fingerprint density at radius 1 is 1.47 bits per heavy atom. The van der Waals surface area contributed by atoms with E-state index in [4.69, 9.17) is 5.11 Å². The lowest BCUT2D eigenvalue weighted by Crippen LogP contribution is -2.17. The van der Waals surface area contributed by atoms with E-state index in [0.29, 0.717) is 0 Å². The third-order valence-electron chi connectivity index (χ3n) is 3.22. The molecule has 3 N–H and O–H groups in total. The van der Waals surface area contributed by atoms with Crippen LogP contribution >= 0.6 is 0 Å². The summed E-state index contributed by atoms with van der Waals surface area (Å²) in [4.78, 5) is 0. The number of hydrogen-bond acceptors (Lipinski definition) is 3. The molecule has 0 spiro atoms. The van der Waals surface area contributed by atoms with Crippen molar-refractivity contribution in [3.8, 4) is 0 Å². The van der Waals surface area contributed by atoms with Gasteiger partial charge < -0.3 is 15.7 Å². The van der Waals surface area contributed by atoms with Crippen LogP contribution in [0.15, 0.2) is 18.2 Å². The first-order chi connectivity index (χ1) is 8.27. The second-order valence-electron chi connectivity index (χ2n) is 4.80. The summed E-state index contributed by atoms with van der Waals surface area (Å²) in [6, 6.07) is 6.52. The highest BCUT2D eigenvalue weighted by Gasteiger charge is 2.12. The number of fused-ring (bicyclic) bond motifs is 1. The van der Waals surface area contributed by atoms with Gasteiger partial charge in [-0.3, -0.25) is 0 Å². The molecule has 0 bridgehead atoms. The van der Waals surface area contributed by atoms with E-state index in [1.165, 1.54) is 16.8 Å². The third-order valence-corrected chi connectivity index (χ3v) is 3.22. The average molecular weight is 234 g/mol. The molecule has 0 aliphatic carbocycles. The van der Waals surface area contributed by atoms with E-state index in [9.17, 15) is 0 Å². The number of aliphatic hydroxyl groups is 1. The maximum Gasteiger partial charge on any atom is 0.0512 e. The van der Waals surface area contributed by atoms with Crippen LogP contribution < -0.4 is 10.6 Å². The minimum atomic E-state index is -0.181. The van der Waals surface area contributed by atoms with Gasteiger partial charge in [-0.25, -0.2) is 0 Å². The second-order valence-corrected chi connectivity index (χ2v) is 4.80. The topological polar surface area (TPSA) is 44.3 Å². The molecule has 1 unspecified atom stereocenters. The predicted molar refractivity (Wildman–Crippen MR) is 71.3 cm³/mol. The Balaban J connectivity index is 1.78. The van der Waals surface area contributed by atoms with Gasteiger partial charge in [-0.1, -0.05) is 18.2 Å². The first-order valence-corrected chi connectivity index (χ1v) is 6.51. The molecular weight excluding hydrogens is 212 g/mol. The van der Waals surface area contributed by atoms with Gasteiger partial charge >= 0.3 is 0 Å². The highest BCUT2D eigenvalue weighted by Crippen LogP contribution is 2.26. The molecule has 0 saturated carbocycles. The van der Waals surface area contributed by atoms with Gasteiger partial charge in [0, 0.05) is 18.8 Å². The molecule has 0 aromatic heterocycles. The number of rotatable bonds is 6. The molecule has 1 heterocycles. The van der Waals surface area contributed by atoms with Crippen LogP contribution in [0.2, 0.25) is 0 Å². The smallest absolute Gasteiger partial charge is 0.0512 e. The molecule has 3 heteroatoms. The number of benzene rings is 1. The fourth-order valence-corrected chi connectivity index (χ4v) is 2.30. The highest BCUT2D eigenvalue weighted by molar-refractivity contribution is 5.61. The molecule has 1 aliphatic rings. The number of anilines is 1. The van der Waals surface area contributed by atoms with Gasteiger partial charge in [-0.2, -0.15) is 0 Å². The molecule has 1 aromatic rings. The van der Waals surface area contributed by atoms with Gasteiger partial charge in [0.1, 0.15) is 0 Å². The Hall–Kier alpha value is -1.06. The quantitative estimate of drug-likeness (QED) is 0.659. The van der Waals surface area contributed by atoms with Crippen LogP contribution in [0.5, 0.6) is 0 Å². The average Bonchev–Trinajstić information content (AvgIpc) is 2.77. The van der Waals surface area contributed by atoms with Crippen LogP contribution in [0.1, 0.15) is 30.9 Å². The van der Waals surface area contributed by atoms with Gasteiger partial charge in [-0.05, 0) is 43.9 Å². The summed E-state index contributed by atoms with van der Waals surface area (Å²) in [5.41, 5.74) is 4.13. The molecule has 1 atom stereocenters. The molecule has 1 aliphatic heterocycles. The van der Waals surface area contributed by atoms with E-state index in [0.717, 1.165) is 38.9 Å². The number of aliphatic hydroxyl groups excluding tert-OH is 1. The minimum absolute atomic E-state index is 0.181. The minimum Gasteiger partial charge on any atom is -0.393 e. The van der Waals surface area contributed by atoms with Crippen molar-refractivity contribution >= 4 is 5.69 Å². The standard InChI is InChI=1S/C14H22N2O/c1-11(17)4-3-8-15-10-13-6-2-5-12-7-9-16-14(12)13/h2,5-6,11,15-17H,3-4,7-10H2,1H3. The summed E-state index contributed by atoms with van der Waals surface area (Å²) in [5, 5.41) is 16.0. The molecule has 0 saturated heterocycles. The SMILES string of the molecule is CC(O)CCCNCc1cccc2c1NCC2. The molecule has 1 aromatic carbocycles. The van der Waals surface area contributed by atoms with Crippen molar-refractivity contribution in [1.29, 1.82) is 0 Å². The fourth-order valence-electron chi connectivity index (χ4n) is 2.30. The summed E-state index contributed by atoms with van der Waals surface area (Å²) in [7, 11) is 0. The Morgan fingerprint density at radius 2 is 2.35 bits per heavy atom. The number of hydrogen-bond donors (Lipinski definition) is 3. The van der Waals surface area contributed by atoms with E-state index in [1.807, 2.05) is 6.92 Å². The predicted octanol–water partition coefficient (Wildman–Crippen LogP) is 1.91. The summed E-state index contributed by atoms with van der Waals surface area (Å²) < 4.78 is 0. The Labute approximate surface area is 103 Å². The molecular formula is C14H22N2O. The molecule has 2 rings (SSSR count). The van der Waals surface area contributed by atoms with Crippen LogP contribution in [0.3, 0.4) is 0 Å². The zero-order chi connectivity index (χ0) is 12.1. The lowest BCUT2D eigenvalue weighted by Gasteiger charge is -2.10. The van der Waals surface area contributed by atoms with Gasteiger partial charge in [-0.15, -0.1) is 0 Å². The molecule has 17 heavy (non-hydrogen) atoms. The Kier molecular flexibility index (Phi) is 4.40. The molecule has 3 nitrogen and oxygen atoms in total. The fraction of sp³-hybridized carbons (Fsp3) is 0.571. The third kappa shape index (κ3) is 3.45. The zero-order valence-electron chi connectivity index (χ0n) is 10.5. The van der Waals surface area contributed by atoms with E-state index in [2.05, 4.69) is 28.8 Å².